The maximum Gasteiger partial charge on any atom is 0.251 e. The van der Waals surface area contributed by atoms with Gasteiger partial charge < -0.3 is 15.2 Å². The number of aryl methyl sites for hydroxylation is 1. The highest BCUT2D eigenvalue weighted by atomic mass is 79.9. The zero-order valence-electron chi connectivity index (χ0n) is 15.0. The Balaban J connectivity index is 1.70. The van der Waals surface area contributed by atoms with Crippen LogP contribution in [-0.2, 0) is 11.8 Å². The fraction of sp³-hybridized carbons (Fsp3) is 0.150. The van der Waals surface area contributed by atoms with Crippen LogP contribution < -0.4 is 10.6 Å². The maximum absolute atomic E-state index is 13.7. The van der Waals surface area contributed by atoms with E-state index in [-0.39, 0.29) is 12.5 Å². The lowest BCUT2D eigenvalue weighted by Gasteiger charge is -2.19. The molecule has 1 aromatic heterocycles. The SMILES string of the molecule is Cn1ccnc1C(NC(=O)CNC(=O)c1ccc(Br)cc1)c1cccc(F)c1. The van der Waals surface area contributed by atoms with Crippen LogP contribution in [0.15, 0.2) is 65.4 Å². The standard InChI is InChI=1S/C20H18BrFN4O2/c1-26-10-9-23-19(26)18(14-3-2-4-16(22)11-14)25-17(27)12-24-20(28)13-5-7-15(21)8-6-13/h2-11,18H,12H2,1H3,(H,24,28)(H,25,27). The van der Waals surface area contributed by atoms with Crippen molar-refractivity contribution >= 4 is 27.7 Å². The number of amides is 2. The summed E-state index contributed by atoms with van der Waals surface area (Å²) in [5.41, 5.74) is 1.00. The Bertz CT molecular complexity index is 988. The summed E-state index contributed by atoms with van der Waals surface area (Å²) in [6.07, 6.45) is 3.34. The van der Waals surface area contributed by atoms with Gasteiger partial charge in [-0.05, 0) is 42.0 Å². The van der Waals surface area contributed by atoms with E-state index in [2.05, 4.69) is 31.5 Å². The Morgan fingerprint density at radius 1 is 1.21 bits per heavy atom. The smallest absolute Gasteiger partial charge is 0.251 e. The first-order chi connectivity index (χ1) is 13.4. The fourth-order valence-corrected chi connectivity index (χ4v) is 2.98. The highest BCUT2D eigenvalue weighted by Crippen LogP contribution is 2.21. The molecule has 3 rings (SSSR count). The summed E-state index contributed by atoms with van der Waals surface area (Å²) in [5, 5.41) is 5.39. The van der Waals surface area contributed by atoms with Crippen LogP contribution in [0.1, 0.15) is 27.8 Å². The van der Waals surface area contributed by atoms with Gasteiger partial charge in [0.1, 0.15) is 17.7 Å². The molecular weight excluding hydrogens is 427 g/mol. The highest BCUT2D eigenvalue weighted by molar-refractivity contribution is 9.10. The molecule has 0 fully saturated rings. The lowest BCUT2D eigenvalue weighted by molar-refractivity contribution is -0.120. The molecule has 2 N–H and O–H groups in total. The summed E-state index contributed by atoms with van der Waals surface area (Å²) in [5.74, 6) is -0.627. The van der Waals surface area contributed by atoms with Crippen molar-refractivity contribution in [1.82, 2.24) is 20.2 Å². The number of nitrogens with zero attached hydrogens (tertiary/aromatic N) is 2. The Morgan fingerprint density at radius 3 is 2.61 bits per heavy atom. The van der Waals surface area contributed by atoms with Crippen molar-refractivity contribution < 1.29 is 14.0 Å². The summed E-state index contributed by atoms with van der Waals surface area (Å²) in [6, 6.07) is 12.1. The highest BCUT2D eigenvalue weighted by Gasteiger charge is 2.21. The van der Waals surface area contributed by atoms with Gasteiger partial charge in [0.05, 0.1) is 6.54 Å². The van der Waals surface area contributed by atoms with Crippen LogP contribution in [0.5, 0.6) is 0 Å². The van der Waals surface area contributed by atoms with Crippen LogP contribution in [0, 0.1) is 5.82 Å². The molecule has 144 valence electrons. The van der Waals surface area contributed by atoms with Gasteiger partial charge in [0.2, 0.25) is 5.91 Å². The molecule has 0 aliphatic heterocycles. The lowest BCUT2D eigenvalue weighted by Crippen LogP contribution is -2.39. The van der Waals surface area contributed by atoms with Crippen LogP contribution in [0.2, 0.25) is 0 Å². The normalized spacial score (nSPS) is 11.7. The van der Waals surface area contributed by atoms with E-state index < -0.39 is 17.8 Å². The van der Waals surface area contributed by atoms with E-state index in [1.165, 1.54) is 12.1 Å². The molecule has 1 unspecified atom stereocenters. The predicted molar refractivity (Wildman–Crippen MR) is 106 cm³/mol. The zero-order chi connectivity index (χ0) is 20.1. The van der Waals surface area contributed by atoms with Gasteiger partial charge in [-0.25, -0.2) is 9.37 Å². The Hall–Kier alpha value is -3.00. The maximum atomic E-state index is 13.7. The second kappa shape index (κ2) is 8.79. The Kier molecular flexibility index (Phi) is 6.20. The topological polar surface area (TPSA) is 76.0 Å². The summed E-state index contributed by atoms with van der Waals surface area (Å²) < 4.78 is 16.3. The van der Waals surface area contributed by atoms with E-state index in [0.717, 1.165) is 4.47 Å². The summed E-state index contributed by atoms with van der Waals surface area (Å²) in [7, 11) is 1.79. The van der Waals surface area contributed by atoms with Gasteiger partial charge in [-0.1, -0.05) is 28.1 Å². The molecule has 0 radical (unpaired) electrons. The molecule has 2 amide bonds. The van der Waals surface area contributed by atoms with E-state index in [1.54, 1.807) is 60.4 Å². The first kappa shape index (κ1) is 19.8. The van der Waals surface area contributed by atoms with E-state index in [1.807, 2.05) is 0 Å². The molecule has 0 aliphatic rings. The minimum absolute atomic E-state index is 0.217. The van der Waals surface area contributed by atoms with Crippen molar-refractivity contribution in [2.24, 2.45) is 7.05 Å². The average Bonchev–Trinajstić information content (AvgIpc) is 3.10. The number of imidazole rings is 1. The number of hydrogen-bond donors (Lipinski definition) is 2. The molecule has 0 bridgehead atoms. The van der Waals surface area contributed by atoms with Crippen LogP contribution in [0.4, 0.5) is 4.39 Å². The number of carbonyl (C=O) groups excluding carboxylic acids is 2. The molecule has 0 saturated heterocycles. The average molecular weight is 445 g/mol. The van der Waals surface area contributed by atoms with Gasteiger partial charge >= 0.3 is 0 Å². The number of halogens is 2. The summed E-state index contributed by atoms with van der Waals surface area (Å²) in [6.45, 7) is -0.217. The van der Waals surface area contributed by atoms with Crippen molar-refractivity contribution in [3.05, 3.63) is 88.2 Å². The number of hydrogen-bond acceptors (Lipinski definition) is 3. The molecule has 0 saturated carbocycles. The van der Waals surface area contributed by atoms with E-state index in [4.69, 9.17) is 0 Å². The van der Waals surface area contributed by atoms with Gasteiger partial charge in [0.25, 0.3) is 5.91 Å². The third kappa shape index (κ3) is 4.83. The number of benzene rings is 2. The lowest BCUT2D eigenvalue weighted by atomic mass is 10.1. The summed E-state index contributed by atoms with van der Waals surface area (Å²) >= 11 is 3.31. The molecule has 2 aromatic carbocycles. The predicted octanol–water partition coefficient (Wildman–Crippen LogP) is 2.96. The first-order valence-corrected chi connectivity index (χ1v) is 9.29. The van der Waals surface area contributed by atoms with Gasteiger partial charge in [0, 0.05) is 29.5 Å². The molecule has 0 aliphatic carbocycles. The minimum Gasteiger partial charge on any atom is -0.343 e. The van der Waals surface area contributed by atoms with E-state index >= 15 is 0 Å². The van der Waals surface area contributed by atoms with Crippen molar-refractivity contribution in [1.29, 1.82) is 0 Å². The molecule has 1 heterocycles. The van der Waals surface area contributed by atoms with Crippen LogP contribution in [0.25, 0.3) is 0 Å². The van der Waals surface area contributed by atoms with Gasteiger partial charge in [0.15, 0.2) is 0 Å². The largest absolute Gasteiger partial charge is 0.343 e. The van der Waals surface area contributed by atoms with Gasteiger partial charge in [-0.3, -0.25) is 9.59 Å². The van der Waals surface area contributed by atoms with Crippen molar-refractivity contribution in [2.75, 3.05) is 6.54 Å². The molecule has 8 heteroatoms. The number of aromatic nitrogens is 2. The monoisotopic (exact) mass is 444 g/mol. The summed E-state index contributed by atoms with van der Waals surface area (Å²) in [4.78, 5) is 28.9. The Morgan fingerprint density at radius 2 is 1.96 bits per heavy atom. The fourth-order valence-electron chi connectivity index (χ4n) is 2.71. The Labute approximate surface area is 169 Å². The molecular formula is C20H18BrFN4O2. The molecule has 0 spiro atoms. The number of rotatable bonds is 6. The minimum atomic E-state index is -0.646. The third-order valence-corrected chi connectivity index (χ3v) is 4.65. The first-order valence-electron chi connectivity index (χ1n) is 8.50. The van der Waals surface area contributed by atoms with Crippen LogP contribution in [-0.4, -0.2) is 27.9 Å². The third-order valence-electron chi connectivity index (χ3n) is 4.12. The van der Waals surface area contributed by atoms with E-state index in [9.17, 15) is 14.0 Å². The van der Waals surface area contributed by atoms with Gasteiger partial charge in [-0.2, -0.15) is 0 Å². The van der Waals surface area contributed by atoms with Crippen molar-refractivity contribution in [3.63, 3.8) is 0 Å². The van der Waals surface area contributed by atoms with Crippen molar-refractivity contribution in [2.45, 2.75) is 6.04 Å². The molecule has 28 heavy (non-hydrogen) atoms. The second-order valence-corrected chi connectivity index (χ2v) is 7.06. The molecule has 1 atom stereocenters. The quantitative estimate of drug-likeness (QED) is 0.613. The zero-order valence-corrected chi connectivity index (χ0v) is 16.6. The number of carbonyl (C=O) groups is 2. The molecule has 3 aromatic rings. The second-order valence-electron chi connectivity index (χ2n) is 6.14. The van der Waals surface area contributed by atoms with Crippen LogP contribution >= 0.6 is 15.9 Å². The van der Waals surface area contributed by atoms with Crippen molar-refractivity contribution in [3.8, 4) is 0 Å². The van der Waals surface area contributed by atoms with Gasteiger partial charge in [-0.15, -0.1) is 0 Å². The van der Waals surface area contributed by atoms with E-state index in [0.29, 0.717) is 17.0 Å². The molecule has 6 nitrogen and oxygen atoms in total. The van der Waals surface area contributed by atoms with Crippen LogP contribution in [0.3, 0.4) is 0 Å². The number of nitrogens with one attached hydrogen (secondary N) is 2.